The Morgan fingerprint density at radius 2 is 2.09 bits per heavy atom. The summed E-state index contributed by atoms with van der Waals surface area (Å²) in [4.78, 5) is 12.2. The number of benzene rings is 1. The molecule has 0 spiro atoms. The van der Waals surface area contributed by atoms with Gasteiger partial charge in [0.05, 0.1) is 0 Å². The summed E-state index contributed by atoms with van der Waals surface area (Å²) in [6, 6.07) is 6.98. The molecule has 0 unspecified atom stereocenters. The van der Waals surface area contributed by atoms with Crippen molar-refractivity contribution in [3.8, 4) is 0 Å². The molecule has 0 N–H and O–H groups in total. The normalized spacial score (nSPS) is 9.55. The van der Waals surface area contributed by atoms with Gasteiger partial charge in [-0.1, -0.05) is 0 Å². The Bertz CT molecular complexity index is 275. The van der Waals surface area contributed by atoms with Crippen LogP contribution in [-0.2, 0) is 0 Å². The third-order valence-electron chi connectivity index (χ3n) is 1.37. The quantitative estimate of drug-likeness (QED) is 0.449. The van der Waals surface area contributed by atoms with Crippen LogP contribution in [-0.4, -0.2) is 26.1 Å². The topological polar surface area (TPSA) is 43.1 Å². The number of nitrogens with zero attached hydrogens (tertiary/aromatic N) is 1. The Hall–Kier alpha value is -0.581. The van der Waals surface area contributed by atoms with Crippen LogP contribution in [0.1, 0.15) is 0 Å². The summed E-state index contributed by atoms with van der Waals surface area (Å²) in [6.07, 6.45) is 0. The molecule has 4 heteroatoms. The first-order valence-electron chi connectivity index (χ1n) is 3.17. The molecule has 0 aliphatic carbocycles. The van der Waals surface area contributed by atoms with Gasteiger partial charge in [-0.05, 0) is 0 Å². The Kier molecular flexibility index (Phi) is 2.87. The SMILES string of the molecule is [CH3][Sn][c]1ccccc1[N+](=O)[O-]. The summed E-state index contributed by atoms with van der Waals surface area (Å²) in [5.74, 6) is 0. The summed E-state index contributed by atoms with van der Waals surface area (Å²) in [5, 5.41) is 10.4. The number of nitro groups is 1. The van der Waals surface area contributed by atoms with E-state index in [0.29, 0.717) is 5.69 Å². The van der Waals surface area contributed by atoms with Gasteiger partial charge in [0.15, 0.2) is 0 Å². The van der Waals surface area contributed by atoms with Gasteiger partial charge >= 0.3 is 74.7 Å². The molecule has 0 aromatic heterocycles. The van der Waals surface area contributed by atoms with Crippen molar-refractivity contribution >= 4 is 30.4 Å². The molecule has 0 saturated carbocycles. The standard InChI is InChI=1S/C6H4NO2.CH3.Sn/c8-7(9)6-4-2-1-3-5-6;;/h1-4H;1H3;. The van der Waals surface area contributed by atoms with Crippen LogP contribution in [0.15, 0.2) is 24.3 Å². The molecule has 56 valence electrons. The Morgan fingerprint density at radius 1 is 1.45 bits per heavy atom. The Morgan fingerprint density at radius 3 is 2.55 bits per heavy atom. The van der Waals surface area contributed by atoms with Crippen LogP contribution in [0.4, 0.5) is 5.69 Å². The van der Waals surface area contributed by atoms with Gasteiger partial charge in [-0.15, -0.1) is 0 Å². The average Bonchev–Trinajstić information content (AvgIpc) is 2.04. The summed E-state index contributed by atoms with van der Waals surface area (Å²) >= 11 is -0.675. The molecule has 2 radical (unpaired) electrons. The second kappa shape index (κ2) is 3.71. The predicted octanol–water partition coefficient (Wildman–Crippen LogP) is 0.972. The van der Waals surface area contributed by atoms with Crippen molar-refractivity contribution in [3.63, 3.8) is 0 Å². The number of rotatable bonds is 2. The first-order valence-corrected chi connectivity index (χ1v) is 7.45. The minimum absolute atomic E-state index is 0.293. The molecule has 0 atom stereocenters. The zero-order chi connectivity index (χ0) is 8.27. The average molecular weight is 256 g/mol. The second-order valence-corrected chi connectivity index (χ2v) is 4.99. The van der Waals surface area contributed by atoms with Crippen molar-refractivity contribution in [2.24, 2.45) is 0 Å². The van der Waals surface area contributed by atoms with Crippen molar-refractivity contribution in [2.75, 3.05) is 0 Å². The zero-order valence-corrected chi connectivity index (χ0v) is 8.93. The van der Waals surface area contributed by atoms with Crippen LogP contribution in [0.5, 0.6) is 0 Å². The van der Waals surface area contributed by atoms with E-state index in [4.69, 9.17) is 0 Å². The maximum absolute atomic E-state index is 10.4. The molecule has 1 aromatic carbocycles. The molecule has 0 aliphatic heterocycles. The van der Waals surface area contributed by atoms with Crippen LogP contribution in [0.2, 0.25) is 4.94 Å². The molecule has 11 heavy (non-hydrogen) atoms. The first-order chi connectivity index (χ1) is 5.25. The van der Waals surface area contributed by atoms with Crippen molar-refractivity contribution in [1.29, 1.82) is 0 Å². The fraction of sp³-hybridized carbons (Fsp3) is 0.143. The van der Waals surface area contributed by atoms with E-state index in [-0.39, 0.29) is 4.92 Å². The van der Waals surface area contributed by atoms with E-state index < -0.39 is 21.1 Å². The van der Waals surface area contributed by atoms with Crippen LogP contribution < -0.4 is 3.58 Å². The Labute approximate surface area is 74.8 Å². The summed E-state index contributed by atoms with van der Waals surface area (Å²) in [6.45, 7) is 0. The van der Waals surface area contributed by atoms with Gasteiger partial charge < -0.3 is 0 Å². The van der Waals surface area contributed by atoms with E-state index in [1.54, 1.807) is 12.1 Å². The molecule has 0 aliphatic rings. The fourth-order valence-electron chi connectivity index (χ4n) is 0.844. The first kappa shape index (κ1) is 8.51. The van der Waals surface area contributed by atoms with Gasteiger partial charge in [-0.3, -0.25) is 0 Å². The number of nitro benzene ring substituents is 1. The molecule has 0 amide bonds. The molecule has 0 heterocycles. The van der Waals surface area contributed by atoms with Crippen LogP contribution >= 0.6 is 0 Å². The molecular formula is C7H7NO2Sn. The van der Waals surface area contributed by atoms with Gasteiger partial charge in [-0.2, -0.15) is 0 Å². The van der Waals surface area contributed by atoms with Crippen molar-refractivity contribution in [2.45, 2.75) is 4.94 Å². The second-order valence-electron chi connectivity index (χ2n) is 2.02. The maximum atomic E-state index is 10.4. The molecule has 1 aromatic rings. The summed E-state index contributed by atoms with van der Waals surface area (Å²) < 4.78 is 0.959. The van der Waals surface area contributed by atoms with Gasteiger partial charge in [0, 0.05) is 0 Å². The van der Waals surface area contributed by atoms with Crippen molar-refractivity contribution in [1.82, 2.24) is 0 Å². The predicted molar refractivity (Wildman–Crippen MR) is 44.3 cm³/mol. The van der Waals surface area contributed by atoms with E-state index in [1.807, 2.05) is 12.1 Å². The van der Waals surface area contributed by atoms with Gasteiger partial charge in [0.2, 0.25) is 0 Å². The molecule has 0 fully saturated rings. The molecule has 1 rings (SSSR count). The Balaban J connectivity index is 3.12. The van der Waals surface area contributed by atoms with E-state index in [9.17, 15) is 10.1 Å². The van der Waals surface area contributed by atoms with Crippen LogP contribution in [0.25, 0.3) is 0 Å². The number of hydrogen-bond acceptors (Lipinski definition) is 2. The fourth-order valence-corrected chi connectivity index (χ4v) is 2.82. The molecular weight excluding hydrogens is 249 g/mol. The third-order valence-corrected chi connectivity index (χ3v) is 4.11. The van der Waals surface area contributed by atoms with E-state index >= 15 is 0 Å². The molecule has 0 saturated heterocycles. The zero-order valence-electron chi connectivity index (χ0n) is 6.07. The molecule has 3 nitrogen and oxygen atoms in total. The van der Waals surface area contributed by atoms with Crippen molar-refractivity contribution < 1.29 is 4.92 Å². The van der Waals surface area contributed by atoms with Crippen molar-refractivity contribution in [3.05, 3.63) is 34.4 Å². The number of hydrogen-bond donors (Lipinski definition) is 0. The van der Waals surface area contributed by atoms with Crippen LogP contribution in [0.3, 0.4) is 0 Å². The van der Waals surface area contributed by atoms with E-state index in [1.165, 1.54) is 0 Å². The number of para-hydroxylation sites is 1. The molecule has 0 bridgehead atoms. The van der Waals surface area contributed by atoms with Gasteiger partial charge in [0.1, 0.15) is 0 Å². The minimum atomic E-state index is -0.675. The summed E-state index contributed by atoms with van der Waals surface area (Å²) in [7, 11) is 0. The van der Waals surface area contributed by atoms with Crippen LogP contribution in [0, 0.1) is 10.1 Å². The van der Waals surface area contributed by atoms with Gasteiger partial charge in [-0.25, -0.2) is 0 Å². The van der Waals surface area contributed by atoms with Gasteiger partial charge in [0.25, 0.3) is 0 Å². The summed E-state index contributed by atoms with van der Waals surface area (Å²) in [5.41, 5.74) is 0.293. The third kappa shape index (κ3) is 1.92. The van der Waals surface area contributed by atoms with E-state index in [0.717, 1.165) is 3.58 Å². The monoisotopic (exact) mass is 257 g/mol. The van der Waals surface area contributed by atoms with E-state index in [2.05, 4.69) is 4.94 Å².